The van der Waals surface area contributed by atoms with E-state index in [1.54, 1.807) is 49.6 Å². The van der Waals surface area contributed by atoms with Crippen LogP contribution >= 0.6 is 0 Å². The first kappa shape index (κ1) is 19.1. The van der Waals surface area contributed by atoms with Crippen LogP contribution in [0.2, 0.25) is 0 Å². The highest BCUT2D eigenvalue weighted by atomic mass is 16.5. The van der Waals surface area contributed by atoms with Crippen molar-refractivity contribution in [1.29, 1.82) is 0 Å². The molecule has 6 nitrogen and oxygen atoms in total. The lowest BCUT2D eigenvalue weighted by atomic mass is 10.2. The summed E-state index contributed by atoms with van der Waals surface area (Å²) in [5.41, 5.74) is 0.545. The van der Waals surface area contributed by atoms with E-state index < -0.39 is 0 Å². The van der Waals surface area contributed by atoms with E-state index in [-0.39, 0.29) is 12.5 Å². The maximum atomic E-state index is 12.2. The third kappa shape index (κ3) is 5.17. The summed E-state index contributed by atoms with van der Waals surface area (Å²) >= 11 is 0. The maximum absolute atomic E-state index is 12.2. The molecule has 0 fully saturated rings. The van der Waals surface area contributed by atoms with Crippen molar-refractivity contribution >= 4 is 11.6 Å². The molecule has 0 aliphatic rings. The summed E-state index contributed by atoms with van der Waals surface area (Å²) in [6.45, 7) is -0.131. The molecule has 0 saturated carbocycles. The number of carbonyl (C=O) groups is 1. The molecule has 0 saturated heterocycles. The molecular formula is C22H21NO5. The number of ether oxygens (including phenoxy) is 4. The van der Waals surface area contributed by atoms with E-state index in [0.29, 0.717) is 28.7 Å². The number of para-hydroxylation sites is 1. The lowest BCUT2D eigenvalue weighted by Gasteiger charge is -2.12. The van der Waals surface area contributed by atoms with E-state index in [9.17, 15) is 4.79 Å². The number of hydrogen-bond acceptors (Lipinski definition) is 5. The van der Waals surface area contributed by atoms with Crippen LogP contribution in [-0.2, 0) is 4.79 Å². The molecule has 3 aromatic carbocycles. The first-order valence-corrected chi connectivity index (χ1v) is 8.65. The fourth-order valence-corrected chi connectivity index (χ4v) is 2.47. The number of anilines is 1. The van der Waals surface area contributed by atoms with Gasteiger partial charge in [-0.15, -0.1) is 0 Å². The highest BCUT2D eigenvalue weighted by molar-refractivity contribution is 5.93. The number of nitrogens with one attached hydrogen (secondary N) is 1. The average molecular weight is 379 g/mol. The van der Waals surface area contributed by atoms with E-state index in [1.807, 2.05) is 30.3 Å². The van der Waals surface area contributed by atoms with Gasteiger partial charge in [-0.05, 0) is 48.5 Å². The Kier molecular flexibility index (Phi) is 6.36. The molecule has 0 heterocycles. The van der Waals surface area contributed by atoms with Gasteiger partial charge >= 0.3 is 0 Å². The first-order chi connectivity index (χ1) is 13.7. The number of hydrogen-bond donors (Lipinski definition) is 1. The molecule has 1 amide bonds. The minimum Gasteiger partial charge on any atom is -0.497 e. The highest BCUT2D eigenvalue weighted by Crippen LogP contribution is 2.29. The number of methoxy groups -OCH3 is 2. The van der Waals surface area contributed by atoms with Crippen molar-refractivity contribution in [3.63, 3.8) is 0 Å². The standard InChI is InChI=1S/C22H21NO5/c1-25-19-12-13-20(21(14-19)26-2)23-22(24)15-27-16-8-10-18(11-9-16)28-17-6-4-3-5-7-17/h3-14H,15H2,1-2H3,(H,23,24). The second kappa shape index (κ2) is 9.32. The van der Waals surface area contributed by atoms with Crippen molar-refractivity contribution in [2.45, 2.75) is 0 Å². The van der Waals surface area contributed by atoms with Gasteiger partial charge in [-0.3, -0.25) is 4.79 Å². The smallest absolute Gasteiger partial charge is 0.262 e. The fourth-order valence-electron chi connectivity index (χ4n) is 2.47. The van der Waals surface area contributed by atoms with Crippen LogP contribution in [0, 0.1) is 0 Å². The van der Waals surface area contributed by atoms with Crippen LogP contribution in [-0.4, -0.2) is 26.7 Å². The summed E-state index contributed by atoms with van der Waals surface area (Å²) in [7, 11) is 3.09. The van der Waals surface area contributed by atoms with Gasteiger partial charge in [0.25, 0.3) is 5.91 Å². The van der Waals surface area contributed by atoms with Crippen molar-refractivity contribution in [2.24, 2.45) is 0 Å². The molecule has 3 aromatic rings. The molecule has 0 bridgehead atoms. The Morgan fingerprint density at radius 2 is 1.43 bits per heavy atom. The van der Waals surface area contributed by atoms with Gasteiger partial charge < -0.3 is 24.3 Å². The van der Waals surface area contributed by atoms with Gasteiger partial charge in [0.15, 0.2) is 6.61 Å². The van der Waals surface area contributed by atoms with Crippen LogP contribution in [0.3, 0.4) is 0 Å². The fraction of sp³-hybridized carbons (Fsp3) is 0.136. The molecule has 1 N–H and O–H groups in total. The zero-order chi connectivity index (χ0) is 19.8. The number of carbonyl (C=O) groups excluding carboxylic acids is 1. The van der Waals surface area contributed by atoms with Crippen molar-refractivity contribution in [1.82, 2.24) is 0 Å². The average Bonchev–Trinajstić information content (AvgIpc) is 2.74. The van der Waals surface area contributed by atoms with Gasteiger partial charge in [-0.2, -0.15) is 0 Å². The molecule has 28 heavy (non-hydrogen) atoms. The molecule has 0 aliphatic carbocycles. The number of benzene rings is 3. The van der Waals surface area contributed by atoms with Crippen molar-refractivity contribution < 1.29 is 23.7 Å². The molecular weight excluding hydrogens is 358 g/mol. The van der Waals surface area contributed by atoms with E-state index in [2.05, 4.69) is 5.32 Å². The summed E-state index contributed by atoms with van der Waals surface area (Å²) in [6, 6.07) is 21.7. The predicted molar refractivity (Wildman–Crippen MR) is 107 cm³/mol. The van der Waals surface area contributed by atoms with Gasteiger partial charge in [-0.25, -0.2) is 0 Å². The quantitative estimate of drug-likeness (QED) is 0.624. The third-order valence-electron chi connectivity index (χ3n) is 3.86. The Bertz CT molecular complexity index is 910. The molecule has 0 spiro atoms. The maximum Gasteiger partial charge on any atom is 0.262 e. The van der Waals surface area contributed by atoms with Crippen LogP contribution in [0.4, 0.5) is 5.69 Å². The molecule has 6 heteroatoms. The lowest BCUT2D eigenvalue weighted by molar-refractivity contribution is -0.118. The minimum atomic E-state index is -0.298. The van der Waals surface area contributed by atoms with Crippen LogP contribution in [0.1, 0.15) is 0 Å². The Labute approximate surface area is 163 Å². The van der Waals surface area contributed by atoms with Crippen LogP contribution in [0.25, 0.3) is 0 Å². The van der Waals surface area contributed by atoms with Crippen LogP contribution in [0.15, 0.2) is 72.8 Å². The first-order valence-electron chi connectivity index (χ1n) is 8.65. The van der Waals surface area contributed by atoms with Gasteiger partial charge in [0.2, 0.25) is 0 Å². The summed E-state index contributed by atoms with van der Waals surface area (Å²) in [4.78, 5) is 12.2. The summed E-state index contributed by atoms with van der Waals surface area (Å²) in [6.07, 6.45) is 0. The largest absolute Gasteiger partial charge is 0.497 e. The SMILES string of the molecule is COc1ccc(NC(=O)COc2ccc(Oc3ccccc3)cc2)c(OC)c1. The van der Waals surface area contributed by atoms with Crippen molar-refractivity contribution in [3.8, 4) is 28.7 Å². The monoisotopic (exact) mass is 379 g/mol. The lowest BCUT2D eigenvalue weighted by Crippen LogP contribution is -2.20. The summed E-state index contributed by atoms with van der Waals surface area (Å²) in [5.74, 6) is 2.86. The zero-order valence-corrected chi connectivity index (χ0v) is 15.7. The Hall–Kier alpha value is -3.67. The molecule has 0 aromatic heterocycles. The van der Waals surface area contributed by atoms with E-state index in [0.717, 1.165) is 5.75 Å². The molecule has 0 unspecified atom stereocenters. The molecule has 3 rings (SSSR count). The summed E-state index contributed by atoms with van der Waals surface area (Å²) in [5, 5.41) is 2.76. The molecule has 144 valence electrons. The minimum absolute atomic E-state index is 0.131. The normalized spacial score (nSPS) is 10.1. The Morgan fingerprint density at radius 1 is 0.786 bits per heavy atom. The van der Waals surface area contributed by atoms with Gasteiger partial charge in [0.05, 0.1) is 19.9 Å². The zero-order valence-electron chi connectivity index (χ0n) is 15.7. The molecule has 0 radical (unpaired) electrons. The van der Waals surface area contributed by atoms with Gasteiger partial charge in [-0.1, -0.05) is 18.2 Å². The van der Waals surface area contributed by atoms with Gasteiger partial charge in [0, 0.05) is 6.07 Å². The summed E-state index contributed by atoms with van der Waals surface area (Å²) < 4.78 is 21.7. The highest BCUT2D eigenvalue weighted by Gasteiger charge is 2.10. The second-order valence-electron chi connectivity index (χ2n) is 5.79. The van der Waals surface area contributed by atoms with Crippen LogP contribution in [0.5, 0.6) is 28.7 Å². The van der Waals surface area contributed by atoms with Gasteiger partial charge in [0.1, 0.15) is 28.7 Å². The molecule has 0 atom stereocenters. The molecule has 0 aliphatic heterocycles. The van der Waals surface area contributed by atoms with Crippen molar-refractivity contribution in [3.05, 3.63) is 72.8 Å². The van der Waals surface area contributed by atoms with E-state index in [1.165, 1.54) is 7.11 Å². The van der Waals surface area contributed by atoms with E-state index >= 15 is 0 Å². The van der Waals surface area contributed by atoms with Crippen LogP contribution < -0.4 is 24.3 Å². The Morgan fingerprint density at radius 3 is 2.11 bits per heavy atom. The van der Waals surface area contributed by atoms with Crippen molar-refractivity contribution in [2.75, 3.05) is 26.1 Å². The third-order valence-corrected chi connectivity index (χ3v) is 3.86. The van der Waals surface area contributed by atoms with E-state index in [4.69, 9.17) is 18.9 Å². The number of amides is 1. The predicted octanol–water partition coefficient (Wildman–Crippen LogP) is 4.51. The topological polar surface area (TPSA) is 66.0 Å². The number of rotatable bonds is 8. The second-order valence-corrected chi connectivity index (χ2v) is 5.79. The Balaban J connectivity index is 1.53.